The lowest BCUT2D eigenvalue weighted by atomic mass is 10.0. The molecule has 0 aliphatic carbocycles. The van der Waals surface area contributed by atoms with Gasteiger partial charge in [-0.1, -0.05) is 129 Å². The third-order valence-electron chi connectivity index (χ3n) is 9.41. The van der Waals surface area contributed by atoms with Gasteiger partial charge in [0, 0.05) is 31.0 Å². The number of nitrogens with zero attached hydrogens (tertiary/aromatic N) is 2. The smallest absolute Gasteiger partial charge is 0.0905 e. The molecule has 0 unspecified atom stereocenters. The molecular formula is C39H60Br4N2. The van der Waals surface area contributed by atoms with Gasteiger partial charge in [0.1, 0.15) is 0 Å². The van der Waals surface area contributed by atoms with E-state index in [2.05, 4.69) is 112 Å². The first-order valence-electron chi connectivity index (χ1n) is 18.4. The Morgan fingerprint density at radius 1 is 0.422 bits per heavy atom. The number of rotatable bonds is 24. The molecular weight excluding hydrogens is 816 g/mol. The Hall–Kier alpha value is -0.0400. The van der Waals surface area contributed by atoms with Crippen molar-refractivity contribution in [3.05, 3.63) is 53.3 Å². The molecule has 2 aromatic rings. The van der Waals surface area contributed by atoms with E-state index in [1.807, 2.05) is 0 Å². The van der Waals surface area contributed by atoms with E-state index < -0.39 is 0 Å². The molecule has 1 heterocycles. The predicted octanol–water partition coefficient (Wildman–Crippen LogP) is 14.9. The summed E-state index contributed by atoms with van der Waals surface area (Å²) in [7, 11) is 0. The fourth-order valence-electron chi connectivity index (χ4n) is 6.72. The normalized spacial score (nSPS) is 13.4. The monoisotopic (exact) mass is 872 g/mol. The van der Waals surface area contributed by atoms with Crippen LogP contribution in [0.15, 0.2) is 42.2 Å². The van der Waals surface area contributed by atoms with Crippen LogP contribution in [0.3, 0.4) is 0 Å². The average Bonchev–Trinajstić information content (AvgIpc) is 3.47. The first-order valence-corrected chi connectivity index (χ1v) is 21.6. The molecule has 2 aromatic carbocycles. The molecule has 6 heteroatoms. The van der Waals surface area contributed by atoms with Crippen LogP contribution in [0.2, 0.25) is 0 Å². The van der Waals surface area contributed by atoms with Gasteiger partial charge in [0.15, 0.2) is 0 Å². The summed E-state index contributed by atoms with van der Waals surface area (Å²) in [6.45, 7) is 7.48. The maximum atomic E-state index is 3.94. The Kier molecular flexibility index (Phi) is 20.4. The first kappa shape index (κ1) is 39.4. The Morgan fingerprint density at radius 2 is 0.689 bits per heavy atom. The number of anilines is 2. The highest BCUT2D eigenvalue weighted by atomic mass is 79.9. The molecule has 1 aliphatic heterocycles. The van der Waals surface area contributed by atoms with E-state index in [1.54, 1.807) is 0 Å². The van der Waals surface area contributed by atoms with Crippen molar-refractivity contribution in [1.82, 2.24) is 0 Å². The zero-order chi connectivity index (χ0) is 32.3. The van der Waals surface area contributed by atoms with Gasteiger partial charge in [-0.3, -0.25) is 0 Å². The number of halogens is 4. The quantitative estimate of drug-likeness (QED) is 0.0970. The number of benzene rings is 2. The molecule has 0 N–H and O–H groups in total. The zero-order valence-corrected chi connectivity index (χ0v) is 34.7. The maximum Gasteiger partial charge on any atom is 0.0905 e. The molecule has 1 aliphatic rings. The van der Waals surface area contributed by atoms with Crippen molar-refractivity contribution in [2.24, 2.45) is 0 Å². The van der Waals surface area contributed by atoms with E-state index in [0.717, 1.165) is 32.6 Å². The summed E-state index contributed by atoms with van der Waals surface area (Å²) in [4.78, 5) is 4.99. The Balaban J connectivity index is 1.41. The minimum atomic E-state index is 0.879. The molecule has 0 aromatic heterocycles. The SMILES string of the molecule is CCCCCCCCCCCCc1cc(Br)c(N2CCN(c3c(Br)cc(CCCCCCCCCCCC)cc3Br)C2)c(Br)c1. The molecule has 0 saturated carbocycles. The van der Waals surface area contributed by atoms with Gasteiger partial charge in [0.05, 0.1) is 18.0 Å². The van der Waals surface area contributed by atoms with Crippen molar-refractivity contribution >= 4 is 75.1 Å². The molecule has 2 nitrogen and oxygen atoms in total. The number of aryl methyl sites for hydroxylation is 2. The van der Waals surface area contributed by atoms with Crippen LogP contribution in [0, 0.1) is 0 Å². The minimum Gasteiger partial charge on any atom is -0.350 e. The van der Waals surface area contributed by atoms with Crippen molar-refractivity contribution in [2.75, 3.05) is 29.6 Å². The minimum absolute atomic E-state index is 0.879. The summed E-state index contributed by atoms with van der Waals surface area (Å²) in [5.74, 6) is 0. The Bertz CT molecular complexity index is 973. The molecule has 3 rings (SSSR count). The lowest BCUT2D eigenvalue weighted by Gasteiger charge is -2.25. The largest absolute Gasteiger partial charge is 0.350 e. The van der Waals surface area contributed by atoms with Gasteiger partial charge in [0.25, 0.3) is 0 Å². The average molecular weight is 877 g/mol. The summed E-state index contributed by atoms with van der Waals surface area (Å²) in [5, 5.41) is 0. The van der Waals surface area contributed by atoms with Gasteiger partial charge < -0.3 is 9.80 Å². The maximum absolute atomic E-state index is 3.94. The topological polar surface area (TPSA) is 6.48 Å². The van der Waals surface area contributed by atoms with Gasteiger partial charge in [-0.05, 0) is 125 Å². The lowest BCUT2D eigenvalue weighted by molar-refractivity contribution is 0.556. The molecule has 0 bridgehead atoms. The van der Waals surface area contributed by atoms with Crippen LogP contribution in [0.1, 0.15) is 153 Å². The highest BCUT2D eigenvalue weighted by Gasteiger charge is 2.27. The van der Waals surface area contributed by atoms with Crippen LogP contribution < -0.4 is 9.80 Å². The molecule has 0 amide bonds. The molecule has 45 heavy (non-hydrogen) atoms. The van der Waals surface area contributed by atoms with Crippen molar-refractivity contribution < 1.29 is 0 Å². The van der Waals surface area contributed by atoms with Crippen molar-refractivity contribution in [1.29, 1.82) is 0 Å². The molecule has 1 fully saturated rings. The molecule has 0 atom stereocenters. The van der Waals surface area contributed by atoms with Crippen LogP contribution in [0.5, 0.6) is 0 Å². The molecule has 1 saturated heterocycles. The summed E-state index contributed by atoms with van der Waals surface area (Å²) in [5.41, 5.74) is 5.40. The van der Waals surface area contributed by atoms with Gasteiger partial charge in [0.2, 0.25) is 0 Å². The van der Waals surface area contributed by atoms with E-state index in [0.29, 0.717) is 0 Å². The molecule has 0 spiro atoms. The highest BCUT2D eigenvalue weighted by molar-refractivity contribution is 9.11. The summed E-state index contributed by atoms with van der Waals surface area (Å²) < 4.78 is 4.80. The van der Waals surface area contributed by atoms with Gasteiger partial charge in [-0.25, -0.2) is 0 Å². The second-order valence-electron chi connectivity index (χ2n) is 13.3. The summed E-state index contributed by atoms with van der Waals surface area (Å²) >= 11 is 15.8. The second-order valence-corrected chi connectivity index (χ2v) is 16.8. The second kappa shape index (κ2) is 23.3. The van der Waals surface area contributed by atoms with E-state index in [9.17, 15) is 0 Å². The van der Waals surface area contributed by atoms with Gasteiger partial charge >= 0.3 is 0 Å². The third-order valence-corrected chi connectivity index (χ3v) is 11.8. The number of hydrogen-bond acceptors (Lipinski definition) is 2. The number of unbranched alkanes of at least 4 members (excludes halogenated alkanes) is 18. The van der Waals surface area contributed by atoms with Crippen LogP contribution in [0.25, 0.3) is 0 Å². The van der Waals surface area contributed by atoms with E-state index in [4.69, 9.17) is 0 Å². The van der Waals surface area contributed by atoms with E-state index in [1.165, 1.54) is 169 Å². The molecule has 0 radical (unpaired) electrons. The van der Waals surface area contributed by atoms with Gasteiger partial charge in [-0.2, -0.15) is 0 Å². The van der Waals surface area contributed by atoms with Crippen molar-refractivity contribution in [3.8, 4) is 0 Å². The third kappa shape index (κ3) is 14.5. The zero-order valence-electron chi connectivity index (χ0n) is 28.4. The standard InChI is InChI=1S/C39H60Br4N2/c1-3-5-7-9-11-13-15-17-19-21-23-32-27-34(40)38(35(41)28-32)44-25-26-45(31-44)39-36(42)29-33(30-37(39)43)24-22-20-18-16-14-12-10-8-6-4-2/h27-30H,3-26,31H2,1-2H3. The summed E-state index contributed by atoms with van der Waals surface area (Å²) in [6.07, 6.45) is 30.0. The van der Waals surface area contributed by atoms with E-state index in [-0.39, 0.29) is 0 Å². The highest BCUT2D eigenvalue weighted by Crippen LogP contribution is 2.41. The Labute approximate surface area is 310 Å². The summed E-state index contributed by atoms with van der Waals surface area (Å²) in [6, 6.07) is 9.41. The van der Waals surface area contributed by atoms with E-state index >= 15 is 0 Å². The van der Waals surface area contributed by atoms with Crippen molar-refractivity contribution in [3.63, 3.8) is 0 Å². The molecule has 254 valence electrons. The van der Waals surface area contributed by atoms with Gasteiger partial charge in [-0.15, -0.1) is 0 Å². The fraction of sp³-hybridized carbons (Fsp3) is 0.692. The van der Waals surface area contributed by atoms with Crippen LogP contribution in [-0.2, 0) is 12.8 Å². The van der Waals surface area contributed by atoms with Crippen molar-refractivity contribution in [2.45, 2.75) is 155 Å². The van der Waals surface area contributed by atoms with Crippen LogP contribution >= 0.6 is 63.7 Å². The fourth-order valence-corrected chi connectivity index (χ4v) is 10.3. The predicted molar refractivity (Wildman–Crippen MR) is 214 cm³/mol. The van der Waals surface area contributed by atoms with Crippen LogP contribution in [0.4, 0.5) is 11.4 Å². The van der Waals surface area contributed by atoms with Crippen LogP contribution in [-0.4, -0.2) is 19.8 Å². The Morgan fingerprint density at radius 3 is 0.978 bits per heavy atom. The first-order chi connectivity index (χ1) is 21.9. The lowest BCUT2D eigenvalue weighted by Crippen LogP contribution is -2.26. The number of hydrogen-bond donors (Lipinski definition) is 0.